The first-order valence-corrected chi connectivity index (χ1v) is 7.59. The molecule has 1 heterocycles. The van der Waals surface area contributed by atoms with Crippen LogP contribution in [0.1, 0.15) is 37.0 Å². The number of hydrogen-bond donors (Lipinski definition) is 0. The summed E-state index contributed by atoms with van der Waals surface area (Å²) in [6.45, 7) is 6.21. The number of piperidine rings is 1. The molecule has 2 rings (SSSR count). The Labute approximate surface area is 127 Å². The first-order valence-electron chi connectivity index (χ1n) is 6.13. The lowest BCUT2D eigenvalue weighted by molar-refractivity contribution is 0.0629. The van der Waals surface area contributed by atoms with Gasteiger partial charge in [-0.15, -0.1) is 0 Å². The molecule has 1 aliphatic heterocycles. The van der Waals surface area contributed by atoms with E-state index in [1.165, 1.54) is 0 Å². The number of nitrogens with zero attached hydrogens (tertiary/aromatic N) is 1. The van der Waals surface area contributed by atoms with E-state index in [-0.39, 0.29) is 5.91 Å². The fourth-order valence-electron chi connectivity index (χ4n) is 2.15. The minimum Gasteiger partial charge on any atom is -0.339 e. The van der Waals surface area contributed by atoms with Crippen molar-refractivity contribution in [3.63, 3.8) is 0 Å². The van der Waals surface area contributed by atoms with Gasteiger partial charge < -0.3 is 4.90 Å². The molecule has 0 aliphatic carbocycles. The van der Waals surface area contributed by atoms with Gasteiger partial charge >= 0.3 is 0 Å². The Morgan fingerprint density at radius 3 is 2.56 bits per heavy atom. The van der Waals surface area contributed by atoms with Gasteiger partial charge in [0, 0.05) is 21.7 Å². The van der Waals surface area contributed by atoms with Crippen LogP contribution in [0, 0.1) is 8.99 Å². The molecule has 1 fully saturated rings. The molecule has 0 radical (unpaired) electrons. The van der Waals surface area contributed by atoms with Gasteiger partial charge in [0.2, 0.25) is 0 Å². The van der Waals surface area contributed by atoms with Crippen LogP contribution >= 0.6 is 34.2 Å². The summed E-state index contributed by atoms with van der Waals surface area (Å²) in [4.78, 5) is 14.4. The van der Waals surface area contributed by atoms with Crippen LogP contribution in [0.15, 0.2) is 18.2 Å². The van der Waals surface area contributed by atoms with Gasteiger partial charge in [-0.2, -0.15) is 0 Å². The van der Waals surface area contributed by atoms with Crippen molar-refractivity contribution in [3.05, 3.63) is 32.4 Å². The lowest BCUT2D eigenvalue weighted by Crippen LogP contribution is -2.41. The molecule has 0 atom stereocenters. The Hall–Kier alpha value is -0.290. The topological polar surface area (TPSA) is 20.3 Å². The third-order valence-electron chi connectivity index (χ3n) is 3.56. The number of carbonyl (C=O) groups excluding carboxylic acids is 1. The van der Waals surface area contributed by atoms with Crippen molar-refractivity contribution in [1.82, 2.24) is 4.90 Å². The Morgan fingerprint density at radius 1 is 1.33 bits per heavy atom. The number of likely N-dealkylation sites (tertiary alicyclic amines) is 1. The monoisotopic (exact) mass is 377 g/mol. The van der Waals surface area contributed by atoms with E-state index in [1.807, 2.05) is 17.0 Å². The van der Waals surface area contributed by atoms with E-state index in [0.29, 0.717) is 10.4 Å². The van der Waals surface area contributed by atoms with Gasteiger partial charge in [0.05, 0.1) is 5.56 Å². The number of benzene rings is 1. The van der Waals surface area contributed by atoms with Gasteiger partial charge in [0.1, 0.15) is 0 Å². The fourth-order valence-corrected chi connectivity index (χ4v) is 2.89. The molecule has 0 bridgehead atoms. The van der Waals surface area contributed by atoms with Gasteiger partial charge in [-0.1, -0.05) is 25.4 Å². The van der Waals surface area contributed by atoms with Crippen LogP contribution < -0.4 is 0 Å². The predicted octanol–water partition coefficient (Wildman–Crippen LogP) is 4.21. The average molecular weight is 378 g/mol. The zero-order chi connectivity index (χ0) is 13.3. The number of halogens is 2. The molecule has 1 aromatic carbocycles. The lowest BCUT2D eigenvalue weighted by atomic mass is 9.82. The van der Waals surface area contributed by atoms with E-state index >= 15 is 0 Å². The van der Waals surface area contributed by atoms with Crippen molar-refractivity contribution in [2.24, 2.45) is 5.41 Å². The molecule has 2 nitrogen and oxygen atoms in total. The first kappa shape index (κ1) is 14.1. The summed E-state index contributed by atoms with van der Waals surface area (Å²) in [5.74, 6) is 0.109. The van der Waals surface area contributed by atoms with Gasteiger partial charge in [0.15, 0.2) is 0 Å². The third-order valence-corrected chi connectivity index (χ3v) is 4.74. The molecule has 0 N–H and O–H groups in total. The molecule has 1 amide bonds. The molecule has 0 spiro atoms. The Kier molecular flexibility index (Phi) is 4.22. The van der Waals surface area contributed by atoms with Crippen molar-refractivity contribution in [2.45, 2.75) is 26.7 Å². The summed E-state index contributed by atoms with van der Waals surface area (Å²) in [5, 5.41) is 0.621. The number of rotatable bonds is 1. The molecule has 98 valence electrons. The largest absolute Gasteiger partial charge is 0.339 e. The smallest absolute Gasteiger partial charge is 0.254 e. The standard InChI is InChI=1S/C14H17ClINO/c1-14(2)5-7-17(8-6-14)13(18)11-9-10(15)3-4-12(11)16/h3-4,9H,5-8H2,1-2H3. The molecule has 0 unspecified atom stereocenters. The zero-order valence-electron chi connectivity index (χ0n) is 10.7. The second-order valence-electron chi connectivity index (χ2n) is 5.58. The highest BCUT2D eigenvalue weighted by molar-refractivity contribution is 14.1. The number of amides is 1. The molecule has 18 heavy (non-hydrogen) atoms. The van der Waals surface area contributed by atoms with Crippen LogP contribution in [-0.4, -0.2) is 23.9 Å². The van der Waals surface area contributed by atoms with Crippen molar-refractivity contribution < 1.29 is 4.79 Å². The maximum atomic E-state index is 12.4. The van der Waals surface area contributed by atoms with Crippen LogP contribution in [0.2, 0.25) is 5.02 Å². The van der Waals surface area contributed by atoms with E-state index in [4.69, 9.17) is 11.6 Å². The second-order valence-corrected chi connectivity index (χ2v) is 7.18. The van der Waals surface area contributed by atoms with E-state index < -0.39 is 0 Å². The summed E-state index contributed by atoms with van der Waals surface area (Å²) in [5.41, 5.74) is 1.08. The molecule has 1 aliphatic rings. The van der Waals surface area contributed by atoms with E-state index in [9.17, 15) is 4.79 Å². The van der Waals surface area contributed by atoms with Gasteiger partial charge in [0.25, 0.3) is 5.91 Å². The Bertz CT molecular complexity index is 463. The average Bonchev–Trinajstić information content (AvgIpc) is 2.31. The third kappa shape index (κ3) is 3.18. The highest BCUT2D eigenvalue weighted by Gasteiger charge is 2.28. The maximum absolute atomic E-state index is 12.4. The number of carbonyl (C=O) groups is 1. The Balaban J connectivity index is 2.15. The lowest BCUT2D eigenvalue weighted by Gasteiger charge is -2.37. The summed E-state index contributed by atoms with van der Waals surface area (Å²) < 4.78 is 0.965. The normalized spacial score (nSPS) is 18.8. The number of hydrogen-bond acceptors (Lipinski definition) is 1. The van der Waals surface area contributed by atoms with Crippen molar-refractivity contribution in [1.29, 1.82) is 0 Å². The van der Waals surface area contributed by atoms with Gasteiger partial charge in [-0.3, -0.25) is 4.79 Å². The second kappa shape index (κ2) is 5.37. The molecule has 0 saturated carbocycles. The summed E-state index contributed by atoms with van der Waals surface area (Å²) in [6.07, 6.45) is 2.13. The van der Waals surface area contributed by atoms with Crippen LogP contribution in [0.3, 0.4) is 0 Å². The van der Waals surface area contributed by atoms with E-state index in [2.05, 4.69) is 36.4 Å². The van der Waals surface area contributed by atoms with Crippen LogP contribution in [0.4, 0.5) is 0 Å². The van der Waals surface area contributed by atoms with Crippen LogP contribution in [0.5, 0.6) is 0 Å². The highest BCUT2D eigenvalue weighted by Crippen LogP contribution is 2.31. The first-order chi connectivity index (χ1) is 8.39. The van der Waals surface area contributed by atoms with Crippen LogP contribution in [0.25, 0.3) is 0 Å². The minimum absolute atomic E-state index is 0.109. The van der Waals surface area contributed by atoms with Gasteiger partial charge in [-0.25, -0.2) is 0 Å². The van der Waals surface area contributed by atoms with E-state index in [1.54, 1.807) is 6.07 Å². The van der Waals surface area contributed by atoms with Gasteiger partial charge in [-0.05, 0) is 59.0 Å². The van der Waals surface area contributed by atoms with Crippen molar-refractivity contribution in [3.8, 4) is 0 Å². The van der Waals surface area contributed by atoms with E-state index in [0.717, 1.165) is 35.1 Å². The molecule has 1 saturated heterocycles. The molecule has 4 heteroatoms. The van der Waals surface area contributed by atoms with Crippen molar-refractivity contribution in [2.75, 3.05) is 13.1 Å². The summed E-state index contributed by atoms with van der Waals surface area (Å²) in [6, 6.07) is 5.48. The fraction of sp³-hybridized carbons (Fsp3) is 0.500. The molecular weight excluding hydrogens is 361 g/mol. The molecule has 0 aromatic heterocycles. The molecular formula is C14H17ClINO. The Morgan fingerprint density at radius 2 is 1.94 bits per heavy atom. The summed E-state index contributed by atoms with van der Waals surface area (Å²) >= 11 is 8.16. The SMILES string of the molecule is CC1(C)CCN(C(=O)c2cc(Cl)ccc2I)CC1. The van der Waals surface area contributed by atoms with Crippen molar-refractivity contribution >= 4 is 40.1 Å². The minimum atomic E-state index is 0.109. The quantitative estimate of drug-likeness (QED) is 0.672. The zero-order valence-corrected chi connectivity index (χ0v) is 13.6. The maximum Gasteiger partial charge on any atom is 0.254 e. The molecule has 1 aromatic rings. The highest BCUT2D eigenvalue weighted by atomic mass is 127. The summed E-state index contributed by atoms with van der Waals surface area (Å²) in [7, 11) is 0. The van der Waals surface area contributed by atoms with Crippen LogP contribution in [-0.2, 0) is 0 Å². The predicted molar refractivity (Wildman–Crippen MR) is 83.1 cm³/mol.